The smallest absolute Gasteiger partial charge is 0.340 e. The summed E-state index contributed by atoms with van der Waals surface area (Å²) >= 11 is 0. The van der Waals surface area contributed by atoms with Crippen LogP contribution in [0.25, 0.3) is 0 Å². The Morgan fingerprint density at radius 1 is 1.13 bits per heavy atom. The van der Waals surface area contributed by atoms with Gasteiger partial charge in [-0.25, -0.2) is 17.6 Å². The molecule has 0 atom stereocenters. The van der Waals surface area contributed by atoms with E-state index in [4.69, 9.17) is 4.74 Å². The summed E-state index contributed by atoms with van der Waals surface area (Å²) in [6.07, 6.45) is 3.06. The van der Waals surface area contributed by atoms with E-state index in [0.717, 1.165) is 18.2 Å². The Morgan fingerprint density at radius 2 is 1.77 bits per heavy atom. The molecule has 0 aliphatic carbocycles. The van der Waals surface area contributed by atoms with Crippen LogP contribution in [-0.2, 0) is 19.6 Å². The summed E-state index contributed by atoms with van der Waals surface area (Å²) < 4.78 is 46.2. The highest BCUT2D eigenvalue weighted by Gasteiger charge is 2.22. The monoisotopic (exact) mass is 446 g/mol. The Hall–Kier alpha value is -3.46. The van der Waals surface area contributed by atoms with Crippen LogP contribution in [0.3, 0.4) is 0 Å². The highest BCUT2D eigenvalue weighted by atomic mass is 32.2. The lowest BCUT2D eigenvalue weighted by Crippen LogP contribution is -2.35. The van der Waals surface area contributed by atoms with Gasteiger partial charge >= 0.3 is 5.97 Å². The first-order chi connectivity index (χ1) is 14.7. The van der Waals surface area contributed by atoms with E-state index in [1.165, 1.54) is 48.2 Å². The molecular formula is C22H23FN2O5S. The third-order valence-electron chi connectivity index (χ3n) is 4.20. The maximum absolute atomic E-state index is 13.3. The molecule has 164 valence electrons. The zero-order chi connectivity index (χ0) is 23.0. The second-order valence-electron chi connectivity index (χ2n) is 6.51. The first-order valence-corrected chi connectivity index (χ1v) is 10.7. The standard InChI is InChI=1S/C22H23FN2O5S/c1-4-12-25(13-5-2)21(26)15-30-22(27)18-8-6-7-9-19(18)24-31(28,29)20-11-10-17(23)14-16(20)3/h4-11,14,24H,1-2,12-13,15H2,3H3. The molecule has 1 amide bonds. The molecule has 0 aliphatic rings. The number of hydrogen-bond donors (Lipinski definition) is 1. The average molecular weight is 447 g/mol. The van der Waals surface area contributed by atoms with Crippen molar-refractivity contribution in [2.75, 3.05) is 24.4 Å². The largest absolute Gasteiger partial charge is 0.452 e. The fourth-order valence-electron chi connectivity index (χ4n) is 2.75. The molecule has 2 aromatic carbocycles. The van der Waals surface area contributed by atoms with Gasteiger partial charge in [-0.15, -0.1) is 13.2 Å². The lowest BCUT2D eigenvalue weighted by Gasteiger charge is -2.19. The van der Waals surface area contributed by atoms with Gasteiger partial charge in [0, 0.05) is 13.1 Å². The Bertz CT molecular complexity index is 1090. The van der Waals surface area contributed by atoms with Crippen LogP contribution in [0.2, 0.25) is 0 Å². The maximum atomic E-state index is 13.3. The highest BCUT2D eigenvalue weighted by molar-refractivity contribution is 7.92. The first-order valence-electron chi connectivity index (χ1n) is 9.24. The molecule has 0 spiro atoms. The summed E-state index contributed by atoms with van der Waals surface area (Å²) in [5.74, 6) is -1.89. The van der Waals surface area contributed by atoms with E-state index in [1.807, 2.05) is 0 Å². The Morgan fingerprint density at radius 3 is 2.39 bits per heavy atom. The van der Waals surface area contributed by atoms with E-state index in [9.17, 15) is 22.4 Å². The molecule has 0 saturated carbocycles. The van der Waals surface area contributed by atoms with Crippen molar-refractivity contribution in [3.63, 3.8) is 0 Å². The minimum atomic E-state index is -4.10. The molecule has 0 bridgehead atoms. The lowest BCUT2D eigenvalue weighted by atomic mass is 10.2. The van der Waals surface area contributed by atoms with Crippen LogP contribution in [0, 0.1) is 12.7 Å². The van der Waals surface area contributed by atoms with Crippen LogP contribution in [0.1, 0.15) is 15.9 Å². The summed E-state index contributed by atoms with van der Waals surface area (Å²) in [5.41, 5.74) is 0.109. The average Bonchev–Trinajstić information content (AvgIpc) is 2.71. The normalized spacial score (nSPS) is 10.8. The number of para-hydroxylation sites is 1. The SMILES string of the molecule is C=CCN(CC=C)C(=O)COC(=O)c1ccccc1NS(=O)(=O)c1ccc(F)cc1C. The van der Waals surface area contributed by atoms with Gasteiger partial charge in [0.2, 0.25) is 0 Å². The van der Waals surface area contributed by atoms with Crippen LogP contribution in [0.5, 0.6) is 0 Å². The Kier molecular flexibility index (Phi) is 8.09. The van der Waals surface area contributed by atoms with Crippen LogP contribution in [0.15, 0.2) is 72.7 Å². The van der Waals surface area contributed by atoms with E-state index < -0.39 is 34.3 Å². The quantitative estimate of drug-likeness (QED) is 0.447. The number of carbonyl (C=O) groups excluding carboxylic acids is 2. The summed E-state index contributed by atoms with van der Waals surface area (Å²) in [5, 5.41) is 0. The molecule has 1 N–H and O–H groups in total. The molecule has 7 nitrogen and oxygen atoms in total. The van der Waals surface area contributed by atoms with E-state index in [0.29, 0.717) is 0 Å². The predicted molar refractivity (Wildman–Crippen MR) is 116 cm³/mol. The Labute approximate surface area is 180 Å². The number of sulfonamides is 1. The van der Waals surface area contributed by atoms with Gasteiger partial charge in [-0.2, -0.15) is 0 Å². The molecule has 0 saturated heterocycles. The van der Waals surface area contributed by atoms with Crippen LogP contribution < -0.4 is 4.72 Å². The maximum Gasteiger partial charge on any atom is 0.340 e. The van der Waals surface area contributed by atoms with Crippen LogP contribution >= 0.6 is 0 Å². The number of nitrogens with one attached hydrogen (secondary N) is 1. The number of nitrogens with zero attached hydrogens (tertiary/aromatic N) is 1. The minimum absolute atomic E-state index is 0.0299. The lowest BCUT2D eigenvalue weighted by molar-refractivity contribution is -0.133. The molecule has 9 heteroatoms. The van der Waals surface area contributed by atoms with Gasteiger partial charge in [0.25, 0.3) is 15.9 Å². The van der Waals surface area contributed by atoms with E-state index in [2.05, 4.69) is 17.9 Å². The zero-order valence-corrected chi connectivity index (χ0v) is 17.8. The minimum Gasteiger partial charge on any atom is -0.452 e. The number of halogens is 1. The van der Waals surface area contributed by atoms with Gasteiger partial charge in [-0.3, -0.25) is 9.52 Å². The van der Waals surface area contributed by atoms with Crippen LogP contribution in [-0.4, -0.2) is 44.9 Å². The third kappa shape index (κ3) is 6.26. The molecule has 0 aliphatic heterocycles. The molecule has 2 aromatic rings. The molecule has 2 rings (SSSR count). The zero-order valence-electron chi connectivity index (χ0n) is 17.0. The number of aryl methyl sites for hydroxylation is 1. The van der Waals surface area contributed by atoms with Crippen molar-refractivity contribution in [2.45, 2.75) is 11.8 Å². The van der Waals surface area contributed by atoms with Crippen molar-refractivity contribution in [2.24, 2.45) is 0 Å². The summed E-state index contributed by atoms with van der Waals surface area (Å²) in [6, 6.07) is 9.09. The Balaban J connectivity index is 2.19. The van der Waals surface area contributed by atoms with Crippen molar-refractivity contribution in [3.8, 4) is 0 Å². The fourth-order valence-corrected chi connectivity index (χ4v) is 4.06. The van der Waals surface area contributed by atoms with E-state index in [-0.39, 0.29) is 34.8 Å². The first kappa shape index (κ1) is 23.8. The van der Waals surface area contributed by atoms with Crippen molar-refractivity contribution in [3.05, 3.63) is 84.7 Å². The van der Waals surface area contributed by atoms with Gasteiger partial charge in [-0.1, -0.05) is 24.3 Å². The number of ether oxygens (including phenoxy) is 1. The van der Waals surface area contributed by atoms with E-state index in [1.54, 1.807) is 0 Å². The molecule has 0 heterocycles. The number of hydrogen-bond acceptors (Lipinski definition) is 5. The van der Waals surface area contributed by atoms with Gasteiger partial charge in [0.1, 0.15) is 5.82 Å². The molecule has 0 radical (unpaired) electrons. The molecule has 0 aromatic heterocycles. The van der Waals surface area contributed by atoms with Crippen molar-refractivity contribution in [1.29, 1.82) is 0 Å². The van der Waals surface area contributed by atoms with Crippen molar-refractivity contribution in [1.82, 2.24) is 4.90 Å². The molecule has 0 fully saturated rings. The number of rotatable bonds is 10. The highest BCUT2D eigenvalue weighted by Crippen LogP contribution is 2.23. The molecular weight excluding hydrogens is 423 g/mol. The van der Waals surface area contributed by atoms with Crippen LogP contribution in [0.4, 0.5) is 10.1 Å². The topological polar surface area (TPSA) is 92.8 Å². The van der Waals surface area contributed by atoms with Crippen molar-refractivity contribution >= 4 is 27.6 Å². The number of carbonyl (C=O) groups is 2. The number of amides is 1. The number of benzene rings is 2. The van der Waals surface area contributed by atoms with Gasteiger partial charge in [0.15, 0.2) is 6.61 Å². The van der Waals surface area contributed by atoms with Gasteiger partial charge < -0.3 is 9.64 Å². The second-order valence-corrected chi connectivity index (χ2v) is 8.16. The number of esters is 1. The summed E-state index contributed by atoms with van der Waals surface area (Å²) in [4.78, 5) is 26.0. The summed E-state index contributed by atoms with van der Waals surface area (Å²) in [6.45, 7) is 8.59. The third-order valence-corrected chi connectivity index (χ3v) is 5.72. The van der Waals surface area contributed by atoms with Gasteiger partial charge in [0.05, 0.1) is 16.1 Å². The van der Waals surface area contributed by atoms with Crippen molar-refractivity contribution < 1.29 is 27.1 Å². The fraction of sp³-hybridized carbons (Fsp3) is 0.182. The molecule has 31 heavy (non-hydrogen) atoms. The second kappa shape index (κ2) is 10.5. The predicted octanol–water partition coefficient (Wildman–Crippen LogP) is 3.29. The summed E-state index contributed by atoms with van der Waals surface area (Å²) in [7, 11) is -4.10. The number of anilines is 1. The molecule has 0 unspecified atom stereocenters. The van der Waals surface area contributed by atoms with E-state index >= 15 is 0 Å². The van der Waals surface area contributed by atoms with Gasteiger partial charge in [-0.05, 0) is 42.8 Å².